The Bertz CT molecular complexity index is 930. The first-order chi connectivity index (χ1) is 16.6. The molecule has 1 N–H and O–H groups in total. The van der Waals surface area contributed by atoms with Gasteiger partial charge in [0.05, 0.1) is 19.6 Å². The number of hydrogen-bond acceptors (Lipinski definition) is 5. The van der Waals surface area contributed by atoms with Crippen molar-refractivity contribution in [1.82, 2.24) is 10.2 Å². The largest absolute Gasteiger partial charge is 0.494 e. The van der Waals surface area contributed by atoms with Gasteiger partial charge in [-0.1, -0.05) is 50.1 Å². The van der Waals surface area contributed by atoms with Crippen LogP contribution in [0.1, 0.15) is 54.9 Å². The highest BCUT2D eigenvalue weighted by atomic mass is 16.5. The van der Waals surface area contributed by atoms with Crippen LogP contribution in [0.2, 0.25) is 0 Å². The standard InChI is InChI=1S/C27H34N2O5/c1-2-3-7-18-33-23-14-12-22(13-15-23)27(32)29-17-16-28-26(31)24(29)20-25(30)34-19-8-11-21-9-5-4-6-10-21/h4-6,9-10,12-15,24H,2-3,7-8,11,16-20H2,1H3,(H,28,31). The Kier molecular flexibility index (Phi) is 9.95. The van der Waals surface area contributed by atoms with E-state index >= 15 is 0 Å². The molecule has 2 aromatic rings. The number of aryl methyl sites for hydroxylation is 1. The topological polar surface area (TPSA) is 84.9 Å². The second kappa shape index (κ2) is 13.4. The van der Waals surface area contributed by atoms with Crippen LogP contribution in [0.4, 0.5) is 0 Å². The van der Waals surface area contributed by atoms with Gasteiger partial charge in [-0.15, -0.1) is 0 Å². The highest BCUT2D eigenvalue weighted by molar-refractivity contribution is 5.99. The first kappa shape index (κ1) is 25.3. The van der Waals surface area contributed by atoms with Crippen molar-refractivity contribution in [2.24, 2.45) is 0 Å². The zero-order valence-corrected chi connectivity index (χ0v) is 19.8. The van der Waals surface area contributed by atoms with Crippen molar-refractivity contribution in [2.75, 3.05) is 26.3 Å². The molecule has 182 valence electrons. The summed E-state index contributed by atoms with van der Waals surface area (Å²) >= 11 is 0. The van der Waals surface area contributed by atoms with Gasteiger partial charge in [0.15, 0.2) is 0 Å². The zero-order valence-electron chi connectivity index (χ0n) is 19.8. The molecule has 7 nitrogen and oxygen atoms in total. The lowest BCUT2D eigenvalue weighted by Crippen LogP contribution is -2.57. The average molecular weight is 467 g/mol. The summed E-state index contributed by atoms with van der Waals surface area (Å²) in [6.45, 7) is 3.75. The van der Waals surface area contributed by atoms with Crippen LogP contribution in [0.25, 0.3) is 0 Å². The van der Waals surface area contributed by atoms with Gasteiger partial charge in [-0.25, -0.2) is 0 Å². The van der Waals surface area contributed by atoms with Gasteiger partial charge in [-0.05, 0) is 49.1 Å². The number of rotatable bonds is 12. The SMILES string of the molecule is CCCCCOc1ccc(C(=O)N2CCNC(=O)C2CC(=O)OCCCc2ccccc2)cc1. The maximum absolute atomic E-state index is 13.1. The van der Waals surface area contributed by atoms with E-state index in [2.05, 4.69) is 12.2 Å². The lowest BCUT2D eigenvalue weighted by Gasteiger charge is -2.34. The minimum atomic E-state index is -0.882. The molecule has 0 radical (unpaired) electrons. The van der Waals surface area contributed by atoms with Crippen molar-refractivity contribution in [2.45, 2.75) is 51.5 Å². The predicted octanol–water partition coefficient (Wildman–Crippen LogP) is 3.76. The Balaban J connectivity index is 1.51. The van der Waals surface area contributed by atoms with E-state index in [9.17, 15) is 14.4 Å². The minimum absolute atomic E-state index is 0.165. The number of nitrogens with zero attached hydrogens (tertiary/aromatic N) is 1. The molecule has 2 aromatic carbocycles. The van der Waals surface area contributed by atoms with Crippen molar-refractivity contribution in [3.05, 3.63) is 65.7 Å². The molecule has 1 heterocycles. The van der Waals surface area contributed by atoms with Gasteiger partial charge in [-0.2, -0.15) is 0 Å². The number of amides is 2. The fourth-order valence-electron chi connectivity index (χ4n) is 3.89. The minimum Gasteiger partial charge on any atom is -0.494 e. The number of carbonyl (C=O) groups excluding carboxylic acids is 3. The molecule has 0 aromatic heterocycles. The molecule has 2 amide bonds. The van der Waals surface area contributed by atoms with Crippen molar-refractivity contribution in [3.8, 4) is 5.75 Å². The molecule has 7 heteroatoms. The molecule has 0 bridgehead atoms. The van der Waals surface area contributed by atoms with E-state index in [-0.39, 0.29) is 24.8 Å². The highest BCUT2D eigenvalue weighted by Crippen LogP contribution is 2.18. The first-order valence-electron chi connectivity index (χ1n) is 12.1. The number of benzene rings is 2. The number of ether oxygens (including phenoxy) is 2. The van der Waals surface area contributed by atoms with Gasteiger partial charge in [0.2, 0.25) is 5.91 Å². The van der Waals surface area contributed by atoms with Gasteiger partial charge in [0.25, 0.3) is 5.91 Å². The lowest BCUT2D eigenvalue weighted by atomic mass is 10.1. The Hall–Kier alpha value is -3.35. The molecule has 0 aliphatic carbocycles. The number of hydrogen-bond donors (Lipinski definition) is 1. The number of piperazine rings is 1. The number of esters is 1. The van der Waals surface area contributed by atoms with Gasteiger partial charge in [0.1, 0.15) is 11.8 Å². The van der Waals surface area contributed by atoms with Crippen molar-refractivity contribution >= 4 is 17.8 Å². The number of carbonyl (C=O) groups is 3. The quantitative estimate of drug-likeness (QED) is 0.380. The van der Waals surface area contributed by atoms with Crippen LogP contribution in [0, 0.1) is 0 Å². The van der Waals surface area contributed by atoms with Crippen LogP contribution in [0.3, 0.4) is 0 Å². The second-order valence-electron chi connectivity index (χ2n) is 8.40. The average Bonchev–Trinajstić information content (AvgIpc) is 2.86. The van der Waals surface area contributed by atoms with Gasteiger partial charge >= 0.3 is 5.97 Å². The van der Waals surface area contributed by atoms with Gasteiger partial charge in [0, 0.05) is 18.7 Å². The van der Waals surface area contributed by atoms with Crippen LogP contribution in [0.5, 0.6) is 5.75 Å². The van der Waals surface area contributed by atoms with Crippen molar-refractivity contribution < 1.29 is 23.9 Å². The normalized spacial score (nSPS) is 15.5. The second-order valence-corrected chi connectivity index (χ2v) is 8.40. The smallest absolute Gasteiger partial charge is 0.308 e. The summed E-state index contributed by atoms with van der Waals surface area (Å²) in [7, 11) is 0. The molecule has 1 aliphatic rings. The first-order valence-corrected chi connectivity index (χ1v) is 12.1. The Morgan fingerprint density at radius 1 is 1.00 bits per heavy atom. The van der Waals surface area contributed by atoms with E-state index in [0.717, 1.165) is 25.7 Å². The summed E-state index contributed by atoms with van der Waals surface area (Å²) in [5.74, 6) is -0.394. The monoisotopic (exact) mass is 466 g/mol. The molecule has 1 unspecified atom stereocenters. The molecule has 1 saturated heterocycles. The Labute approximate surface area is 201 Å². The molecule has 1 aliphatic heterocycles. The Morgan fingerprint density at radius 3 is 2.50 bits per heavy atom. The molecule has 3 rings (SSSR count). The van der Waals surface area contributed by atoms with Crippen LogP contribution < -0.4 is 10.1 Å². The molecular formula is C27H34N2O5. The third-order valence-corrected chi connectivity index (χ3v) is 5.79. The van der Waals surface area contributed by atoms with Crippen LogP contribution in [-0.2, 0) is 20.7 Å². The maximum Gasteiger partial charge on any atom is 0.308 e. The number of unbranched alkanes of at least 4 members (excludes halogenated alkanes) is 2. The number of nitrogens with one attached hydrogen (secondary N) is 1. The van der Waals surface area contributed by atoms with Crippen molar-refractivity contribution in [1.29, 1.82) is 0 Å². The molecule has 0 saturated carbocycles. The van der Waals surface area contributed by atoms with E-state index < -0.39 is 12.0 Å². The van der Waals surface area contributed by atoms with Crippen molar-refractivity contribution in [3.63, 3.8) is 0 Å². The summed E-state index contributed by atoms with van der Waals surface area (Å²) < 4.78 is 11.0. The molecule has 1 fully saturated rings. The summed E-state index contributed by atoms with van der Waals surface area (Å²) in [6.07, 6.45) is 4.57. The Morgan fingerprint density at radius 2 is 1.76 bits per heavy atom. The fraction of sp³-hybridized carbons (Fsp3) is 0.444. The molecular weight excluding hydrogens is 432 g/mol. The van der Waals surface area contributed by atoms with Crippen LogP contribution >= 0.6 is 0 Å². The zero-order chi connectivity index (χ0) is 24.2. The summed E-state index contributed by atoms with van der Waals surface area (Å²) in [5.41, 5.74) is 1.64. The van der Waals surface area contributed by atoms with Gasteiger partial charge in [-0.3, -0.25) is 14.4 Å². The third-order valence-electron chi connectivity index (χ3n) is 5.79. The third kappa shape index (κ3) is 7.61. The fourth-order valence-corrected chi connectivity index (χ4v) is 3.89. The molecule has 0 spiro atoms. The van der Waals surface area contributed by atoms with Gasteiger partial charge < -0.3 is 19.7 Å². The van der Waals surface area contributed by atoms with E-state index in [0.29, 0.717) is 37.4 Å². The summed E-state index contributed by atoms with van der Waals surface area (Å²) in [6, 6.07) is 16.0. The van der Waals surface area contributed by atoms with Crippen LogP contribution in [-0.4, -0.2) is 55.0 Å². The maximum atomic E-state index is 13.1. The van der Waals surface area contributed by atoms with E-state index in [4.69, 9.17) is 9.47 Å². The summed E-state index contributed by atoms with van der Waals surface area (Å²) in [5, 5.41) is 2.74. The molecule has 1 atom stereocenters. The summed E-state index contributed by atoms with van der Waals surface area (Å²) in [4.78, 5) is 39.5. The lowest BCUT2D eigenvalue weighted by molar-refractivity contribution is -0.147. The van der Waals surface area contributed by atoms with E-state index in [1.807, 2.05) is 30.3 Å². The molecule has 34 heavy (non-hydrogen) atoms. The van der Waals surface area contributed by atoms with E-state index in [1.165, 1.54) is 10.5 Å². The highest BCUT2D eigenvalue weighted by Gasteiger charge is 2.35. The predicted molar refractivity (Wildman–Crippen MR) is 130 cm³/mol. The van der Waals surface area contributed by atoms with E-state index in [1.54, 1.807) is 24.3 Å². The van der Waals surface area contributed by atoms with Crippen LogP contribution in [0.15, 0.2) is 54.6 Å².